The first-order chi connectivity index (χ1) is 12.6. The van der Waals surface area contributed by atoms with E-state index in [0.717, 1.165) is 37.1 Å². The lowest BCUT2D eigenvalue weighted by Crippen LogP contribution is -2.32. The molecule has 0 bridgehead atoms. The van der Waals surface area contributed by atoms with Crippen LogP contribution in [0.1, 0.15) is 34.3 Å². The van der Waals surface area contributed by atoms with Gasteiger partial charge in [-0.05, 0) is 55.7 Å². The SMILES string of the molecule is Cc1cccc(/C=C/C(=O)c2ccc(OCC(=O)N3CCCC3)cc2)c1. The van der Waals surface area contributed by atoms with Crippen LogP contribution in [0.5, 0.6) is 5.75 Å². The second kappa shape index (κ2) is 8.48. The summed E-state index contributed by atoms with van der Waals surface area (Å²) >= 11 is 0. The summed E-state index contributed by atoms with van der Waals surface area (Å²) in [7, 11) is 0. The molecule has 4 nitrogen and oxygen atoms in total. The normalized spacial score (nSPS) is 14.0. The van der Waals surface area contributed by atoms with Crippen molar-refractivity contribution in [2.75, 3.05) is 19.7 Å². The molecule has 1 heterocycles. The number of hydrogen-bond donors (Lipinski definition) is 0. The van der Waals surface area contributed by atoms with Gasteiger partial charge in [-0.2, -0.15) is 0 Å². The average molecular weight is 349 g/mol. The minimum absolute atomic E-state index is 0.0174. The third-order valence-electron chi connectivity index (χ3n) is 4.43. The molecule has 0 radical (unpaired) electrons. The maximum Gasteiger partial charge on any atom is 0.260 e. The Bertz CT molecular complexity index is 802. The quantitative estimate of drug-likeness (QED) is 0.587. The number of likely N-dealkylation sites (tertiary alicyclic amines) is 1. The number of benzene rings is 2. The molecule has 134 valence electrons. The monoisotopic (exact) mass is 349 g/mol. The first-order valence-corrected chi connectivity index (χ1v) is 8.91. The van der Waals surface area contributed by atoms with E-state index in [4.69, 9.17) is 4.74 Å². The molecule has 2 aromatic carbocycles. The number of carbonyl (C=O) groups excluding carboxylic acids is 2. The molecule has 0 atom stereocenters. The van der Waals surface area contributed by atoms with Crippen LogP contribution in [0.3, 0.4) is 0 Å². The lowest BCUT2D eigenvalue weighted by molar-refractivity contribution is -0.132. The van der Waals surface area contributed by atoms with Gasteiger partial charge in [0.1, 0.15) is 5.75 Å². The Kier molecular flexibility index (Phi) is 5.84. The maximum atomic E-state index is 12.3. The molecule has 26 heavy (non-hydrogen) atoms. The standard InChI is InChI=1S/C22H23NO3/c1-17-5-4-6-18(15-17)7-12-21(24)19-8-10-20(11-9-19)26-16-22(25)23-13-2-3-14-23/h4-12,15H,2-3,13-14,16H2,1H3/b12-7+. The first kappa shape index (κ1) is 17.9. The van der Waals surface area contributed by atoms with Crippen LogP contribution in [0.15, 0.2) is 54.6 Å². The van der Waals surface area contributed by atoms with Gasteiger partial charge in [-0.3, -0.25) is 9.59 Å². The van der Waals surface area contributed by atoms with Crippen molar-refractivity contribution in [1.29, 1.82) is 0 Å². The molecule has 0 spiro atoms. The van der Waals surface area contributed by atoms with E-state index in [1.54, 1.807) is 30.3 Å². The van der Waals surface area contributed by atoms with E-state index in [1.165, 1.54) is 0 Å². The van der Waals surface area contributed by atoms with Crippen molar-refractivity contribution in [3.8, 4) is 5.75 Å². The Morgan fingerprint density at radius 3 is 2.50 bits per heavy atom. The second-order valence-electron chi connectivity index (χ2n) is 6.51. The van der Waals surface area contributed by atoms with Crippen molar-refractivity contribution < 1.29 is 14.3 Å². The van der Waals surface area contributed by atoms with E-state index in [-0.39, 0.29) is 18.3 Å². The van der Waals surface area contributed by atoms with Crippen molar-refractivity contribution in [1.82, 2.24) is 4.90 Å². The molecule has 1 aliphatic heterocycles. The highest BCUT2D eigenvalue weighted by Gasteiger charge is 2.18. The van der Waals surface area contributed by atoms with Crippen LogP contribution in [0.2, 0.25) is 0 Å². The van der Waals surface area contributed by atoms with Crippen molar-refractivity contribution in [3.63, 3.8) is 0 Å². The lowest BCUT2D eigenvalue weighted by atomic mass is 10.1. The number of ketones is 1. The van der Waals surface area contributed by atoms with Crippen LogP contribution >= 0.6 is 0 Å². The summed E-state index contributed by atoms with van der Waals surface area (Å²) in [4.78, 5) is 26.1. The van der Waals surface area contributed by atoms with Crippen LogP contribution < -0.4 is 4.74 Å². The van der Waals surface area contributed by atoms with Gasteiger partial charge in [-0.15, -0.1) is 0 Å². The Morgan fingerprint density at radius 2 is 1.81 bits per heavy atom. The summed E-state index contributed by atoms with van der Waals surface area (Å²) in [6, 6.07) is 14.9. The fourth-order valence-electron chi connectivity index (χ4n) is 2.96. The zero-order chi connectivity index (χ0) is 18.4. The number of ether oxygens (including phenoxy) is 1. The maximum absolute atomic E-state index is 12.3. The van der Waals surface area contributed by atoms with E-state index in [1.807, 2.05) is 42.2 Å². The van der Waals surface area contributed by atoms with E-state index in [0.29, 0.717) is 11.3 Å². The minimum atomic E-state index is -0.0637. The van der Waals surface area contributed by atoms with Gasteiger partial charge in [0.05, 0.1) is 0 Å². The molecule has 0 unspecified atom stereocenters. The predicted octanol–water partition coefficient (Wildman–Crippen LogP) is 3.89. The molecule has 1 aliphatic rings. The van der Waals surface area contributed by atoms with Crippen LogP contribution in [-0.2, 0) is 4.79 Å². The smallest absolute Gasteiger partial charge is 0.260 e. The van der Waals surface area contributed by atoms with E-state index < -0.39 is 0 Å². The van der Waals surface area contributed by atoms with Gasteiger partial charge in [-0.1, -0.05) is 35.9 Å². The van der Waals surface area contributed by atoms with Gasteiger partial charge in [0.25, 0.3) is 5.91 Å². The topological polar surface area (TPSA) is 46.6 Å². The number of nitrogens with zero attached hydrogens (tertiary/aromatic N) is 1. The molecule has 1 amide bonds. The largest absolute Gasteiger partial charge is 0.484 e. The number of allylic oxidation sites excluding steroid dienone is 1. The third-order valence-corrected chi connectivity index (χ3v) is 4.43. The Morgan fingerprint density at radius 1 is 1.08 bits per heavy atom. The zero-order valence-corrected chi connectivity index (χ0v) is 15.0. The van der Waals surface area contributed by atoms with Crippen LogP contribution in [0.4, 0.5) is 0 Å². The number of aryl methyl sites for hydroxylation is 1. The van der Waals surface area contributed by atoms with Gasteiger partial charge in [0.2, 0.25) is 0 Å². The van der Waals surface area contributed by atoms with Gasteiger partial charge >= 0.3 is 0 Å². The molecule has 0 aromatic heterocycles. The summed E-state index contributed by atoms with van der Waals surface area (Å²) in [5, 5.41) is 0. The Hall–Kier alpha value is -2.88. The van der Waals surface area contributed by atoms with Crippen LogP contribution in [0.25, 0.3) is 6.08 Å². The Balaban J connectivity index is 1.54. The molecule has 1 saturated heterocycles. The average Bonchev–Trinajstić information content (AvgIpc) is 3.19. The molecule has 1 fully saturated rings. The third kappa shape index (κ3) is 4.82. The molecule has 3 rings (SSSR count). The van der Waals surface area contributed by atoms with Gasteiger partial charge in [0, 0.05) is 18.7 Å². The van der Waals surface area contributed by atoms with Crippen LogP contribution in [0, 0.1) is 6.92 Å². The summed E-state index contributed by atoms with van der Waals surface area (Å²) in [5.41, 5.74) is 2.75. The van der Waals surface area contributed by atoms with E-state index >= 15 is 0 Å². The fourth-order valence-corrected chi connectivity index (χ4v) is 2.96. The van der Waals surface area contributed by atoms with Crippen molar-refractivity contribution in [2.45, 2.75) is 19.8 Å². The second-order valence-corrected chi connectivity index (χ2v) is 6.51. The zero-order valence-electron chi connectivity index (χ0n) is 15.0. The highest BCUT2D eigenvalue weighted by atomic mass is 16.5. The van der Waals surface area contributed by atoms with Crippen molar-refractivity contribution in [3.05, 3.63) is 71.3 Å². The molecule has 0 aliphatic carbocycles. The number of rotatable bonds is 6. The highest BCUT2D eigenvalue weighted by molar-refractivity contribution is 6.06. The highest BCUT2D eigenvalue weighted by Crippen LogP contribution is 2.15. The molecule has 2 aromatic rings. The van der Waals surface area contributed by atoms with E-state index in [9.17, 15) is 9.59 Å². The van der Waals surface area contributed by atoms with Gasteiger partial charge in [-0.25, -0.2) is 0 Å². The fraction of sp³-hybridized carbons (Fsp3) is 0.273. The van der Waals surface area contributed by atoms with E-state index in [2.05, 4.69) is 0 Å². The summed E-state index contributed by atoms with van der Waals surface area (Å²) < 4.78 is 5.54. The van der Waals surface area contributed by atoms with Crippen molar-refractivity contribution in [2.24, 2.45) is 0 Å². The predicted molar refractivity (Wildman–Crippen MR) is 102 cm³/mol. The van der Waals surface area contributed by atoms with Gasteiger partial charge < -0.3 is 9.64 Å². The molecular weight excluding hydrogens is 326 g/mol. The summed E-state index contributed by atoms with van der Waals surface area (Å²) in [5.74, 6) is 0.548. The lowest BCUT2D eigenvalue weighted by Gasteiger charge is -2.15. The minimum Gasteiger partial charge on any atom is -0.484 e. The molecule has 4 heteroatoms. The number of amides is 1. The summed E-state index contributed by atoms with van der Waals surface area (Å²) in [6.07, 6.45) is 5.52. The number of carbonyl (C=O) groups is 2. The first-order valence-electron chi connectivity index (χ1n) is 8.91. The van der Waals surface area contributed by atoms with Crippen LogP contribution in [-0.4, -0.2) is 36.3 Å². The Labute approximate surface area is 154 Å². The van der Waals surface area contributed by atoms with Crippen molar-refractivity contribution >= 4 is 17.8 Å². The molecule has 0 N–H and O–H groups in total. The molecule has 0 saturated carbocycles. The summed E-state index contributed by atoms with van der Waals surface area (Å²) in [6.45, 7) is 3.71. The van der Waals surface area contributed by atoms with Gasteiger partial charge in [0.15, 0.2) is 12.4 Å². The molecular formula is C22H23NO3. The number of hydrogen-bond acceptors (Lipinski definition) is 3.